The molecule has 0 aliphatic rings. The molecule has 2 aromatic rings. The Bertz CT molecular complexity index is 844. The minimum absolute atomic E-state index is 0. The molecule has 0 spiro atoms. The van der Waals surface area contributed by atoms with Crippen molar-refractivity contribution in [2.45, 2.75) is 38.8 Å². The summed E-state index contributed by atoms with van der Waals surface area (Å²) >= 11 is 6.11. The third-order valence-electron chi connectivity index (χ3n) is 4.15. The van der Waals surface area contributed by atoms with Crippen LogP contribution in [0, 0.1) is 5.82 Å². The summed E-state index contributed by atoms with van der Waals surface area (Å²) in [5.74, 6) is -1.21. The highest BCUT2D eigenvalue weighted by Gasteiger charge is 2.27. The van der Waals surface area contributed by atoms with Crippen LogP contribution in [0.5, 0.6) is 0 Å². The Morgan fingerprint density at radius 3 is 2.54 bits per heavy atom. The van der Waals surface area contributed by atoms with Gasteiger partial charge in [0.25, 0.3) is 5.91 Å². The molecule has 0 radical (unpaired) electrons. The van der Waals surface area contributed by atoms with Gasteiger partial charge in [-0.05, 0) is 37.6 Å². The summed E-state index contributed by atoms with van der Waals surface area (Å²) in [7, 11) is 0. The van der Waals surface area contributed by atoms with E-state index in [1.807, 2.05) is 6.92 Å². The molecule has 1 unspecified atom stereocenters. The maximum Gasteiger partial charge on any atom is 0.253 e. The second-order valence-corrected chi connectivity index (χ2v) is 7.00. The minimum atomic E-state index is -1.01. The maximum atomic E-state index is 13.7. The minimum Gasteiger partial charge on any atom is -0.348 e. The van der Waals surface area contributed by atoms with Gasteiger partial charge in [-0.2, -0.15) is 0 Å². The highest BCUT2D eigenvalue weighted by atomic mass is 35.5. The number of nitrogens with one attached hydrogen (secondary N) is 2. The third-order valence-corrected chi connectivity index (χ3v) is 4.48. The summed E-state index contributed by atoms with van der Waals surface area (Å²) in [5.41, 5.74) is 5.96. The van der Waals surface area contributed by atoms with Gasteiger partial charge in [0.2, 0.25) is 5.91 Å². The first kappa shape index (κ1) is 23.9. The molecule has 2 amide bonds. The number of benzene rings is 2. The van der Waals surface area contributed by atoms with Crippen molar-refractivity contribution in [3.63, 3.8) is 0 Å². The van der Waals surface area contributed by atoms with E-state index in [-0.39, 0.29) is 35.4 Å². The lowest BCUT2D eigenvalue weighted by atomic mass is 9.96. The van der Waals surface area contributed by atoms with E-state index in [0.717, 1.165) is 6.42 Å². The zero-order chi connectivity index (χ0) is 20.0. The van der Waals surface area contributed by atoms with Crippen LogP contribution in [0.15, 0.2) is 42.5 Å². The van der Waals surface area contributed by atoms with Crippen molar-refractivity contribution >= 4 is 41.5 Å². The predicted molar refractivity (Wildman–Crippen MR) is 112 cm³/mol. The Balaban J connectivity index is 0.00000392. The lowest BCUT2D eigenvalue weighted by molar-refractivity contribution is -0.120. The lowest BCUT2D eigenvalue weighted by Gasteiger charge is -2.23. The molecule has 0 saturated carbocycles. The number of carbonyl (C=O) groups excluding carboxylic acids is 2. The van der Waals surface area contributed by atoms with Crippen LogP contribution < -0.4 is 16.4 Å². The number of nitrogens with two attached hydrogens (primary N) is 1. The van der Waals surface area contributed by atoms with Crippen molar-refractivity contribution < 1.29 is 14.0 Å². The maximum absolute atomic E-state index is 13.7. The van der Waals surface area contributed by atoms with E-state index in [9.17, 15) is 14.0 Å². The highest BCUT2D eigenvalue weighted by Crippen LogP contribution is 2.22. The van der Waals surface area contributed by atoms with Crippen molar-refractivity contribution in [2.24, 2.45) is 5.73 Å². The second-order valence-electron chi connectivity index (χ2n) is 6.59. The van der Waals surface area contributed by atoms with Crippen LogP contribution in [-0.4, -0.2) is 17.4 Å². The molecule has 0 bridgehead atoms. The number of rotatable bonds is 7. The molecule has 0 aliphatic heterocycles. The van der Waals surface area contributed by atoms with Gasteiger partial charge >= 0.3 is 0 Å². The smallest absolute Gasteiger partial charge is 0.253 e. The van der Waals surface area contributed by atoms with Crippen LogP contribution in [0.3, 0.4) is 0 Å². The van der Waals surface area contributed by atoms with Crippen molar-refractivity contribution in [1.29, 1.82) is 0 Å². The summed E-state index contributed by atoms with van der Waals surface area (Å²) in [6, 6.07) is 10.8. The quantitative estimate of drug-likeness (QED) is 0.615. The third kappa shape index (κ3) is 6.19. The fourth-order valence-corrected chi connectivity index (χ4v) is 2.80. The molecule has 152 valence electrons. The van der Waals surface area contributed by atoms with Crippen molar-refractivity contribution in [3.05, 3.63) is 64.4 Å². The standard InChI is InChI=1S/C20H23ClFN3O2.ClH/c1-3-10-20(2,23)19(27)25-14-8-9-16(21)15(11-14)18(26)24-12-13-6-4-5-7-17(13)22;/h4-9,11H,3,10,12,23H2,1-2H3,(H,24,26)(H,25,27);1H. The van der Waals surface area contributed by atoms with E-state index in [1.54, 1.807) is 31.2 Å². The Kier molecular flexibility index (Phi) is 8.88. The van der Waals surface area contributed by atoms with E-state index in [1.165, 1.54) is 18.2 Å². The molecule has 2 aromatic carbocycles. The summed E-state index contributed by atoms with van der Waals surface area (Å²) in [4.78, 5) is 24.8. The van der Waals surface area contributed by atoms with E-state index < -0.39 is 17.3 Å². The number of anilines is 1. The van der Waals surface area contributed by atoms with E-state index >= 15 is 0 Å². The molecule has 28 heavy (non-hydrogen) atoms. The molecule has 0 aromatic heterocycles. The van der Waals surface area contributed by atoms with Crippen molar-refractivity contribution in [2.75, 3.05) is 5.32 Å². The average Bonchev–Trinajstić information content (AvgIpc) is 2.62. The number of halogens is 3. The fraction of sp³-hybridized carbons (Fsp3) is 0.300. The predicted octanol–water partition coefficient (Wildman–Crippen LogP) is 4.29. The van der Waals surface area contributed by atoms with Crippen molar-refractivity contribution in [3.8, 4) is 0 Å². The van der Waals surface area contributed by atoms with Crippen LogP contribution >= 0.6 is 24.0 Å². The van der Waals surface area contributed by atoms with Gasteiger partial charge in [0, 0.05) is 17.8 Å². The molecule has 0 heterocycles. The van der Waals surface area contributed by atoms with Gasteiger partial charge in [0.1, 0.15) is 5.82 Å². The zero-order valence-corrected chi connectivity index (χ0v) is 17.3. The first-order valence-corrected chi connectivity index (χ1v) is 9.04. The van der Waals surface area contributed by atoms with Gasteiger partial charge in [0.15, 0.2) is 0 Å². The molecular formula is C20H24Cl2FN3O2. The normalized spacial score (nSPS) is 12.5. The average molecular weight is 428 g/mol. The first-order chi connectivity index (χ1) is 12.7. The van der Waals surface area contributed by atoms with Gasteiger partial charge in [-0.3, -0.25) is 9.59 Å². The fourth-order valence-electron chi connectivity index (χ4n) is 2.60. The Morgan fingerprint density at radius 2 is 1.89 bits per heavy atom. The number of carbonyl (C=O) groups is 2. The van der Waals surface area contributed by atoms with Crippen molar-refractivity contribution in [1.82, 2.24) is 5.32 Å². The van der Waals surface area contributed by atoms with Gasteiger partial charge in [-0.25, -0.2) is 4.39 Å². The Labute approximate surface area is 175 Å². The number of amides is 2. The second kappa shape index (κ2) is 10.4. The van der Waals surface area contributed by atoms with Crippen LogP contribution in [-0.2, 0) is 11.3 Å². The molecule has 0 saturated heterocycles. The van der Waals surface area contributed by atoms with Crippen LogP contribution in [0.1, 0.15) is 42.6 Å². The van der Waals surface area contributed by atoms with Crippen LogP contribution in [0.25, 0.3) is 0 Å². The Hall–Kier alpha value is -2.15. The molecule has 0 aliphatic carbocycles. The monoisotopic (exact) mass is 427 g/mol. The molecule has 2 rings (SSSR count). The van der Waals surface area contributed by atoms with Gasteiger partial charge in [-0.15, -0.1) is 12.4 Å². The van der Waals surface area contributed by atoms with E-state index in [0.29, 0.717) is 17.7 Å². The summed E-state index contributed by atoms with van der Waals surface area (Å²) in [5, 5.41) is 5.56. The summed E-state index contributed by atoms with van der Waals surface area (Å²) in [6.45, 7) is 3.62. The lowest BCUT2D eigenvalue weighted by Crippen LogP contribution is -2.48. The van der Waals surface area contributed by atoms with Gasteiger partial charge in [0.05, 0.1) is 16.1 Å². The molecule has 0 fully saturated rings. The van der Waals surface area contributed by atoms with E-state index in [2.05, 4.69) is 10.6 Å². The zero-order valence-electron chi connectivity index (χ0n) is 15.7. The number of hydrogen-bond acceptors (Lipinski definition) is 3. The molecule has 5 nitrogen and oxygen atoms in total. The summed E-state index contributed by atoms with van der Waals surface area (Å²) in [6.07, 6.45) is 1.30. The SMILES string of the molecule is CCCC(C)(N)C(=O)Nc1ccc(Cl)c(C(=O)NCc2ccccc2F)c1.Cl. The Morgan fingerprint density at radius 1 is 1.21 bits per heavy atom. The molecule has 8 heteroatoms. The molecule has 4 N–H and O–H groups in total. The van der Waals surface area contributed by atoms with E-state index in [4.69, 9.17) is 17.3 Å². The largest absolute Gasteiger partial charge is 0.348 e. The highest BCUT2D eigenvalue weighted by molar-refractivity contribution is 6.34. The van der Waals surface area contributed by atoms with Crippen LogP contribution in [0.2, 0.25) is 5.02 Å². The van der Waals surface area contributed by atoms with Crippen LogP contribution in [0.4, 0.5) is 10.1 Å². The van der Waals surface area contributed by atoms with Gasteiger partial charge in [-0.1, -0.05) is 43.1 Å². The first-order valence-electron chi connectivity index (χ1n) is 8.66. The number of hydrogen-bond donors (Lipinski definition) is 3. The molecular weight excluding hydrogens is 404 g/mol. The molecule has 1 atom stereocenters. The van der Waals surface area contributed by atoms with Gasteiger partial charge < -0.3 is 16.4 Å². The topological polar surface area (TPSA) is 84.2 Å². The summed E-state index contributed by atoms with van der Waals surface area (Å²) < 4.78 is 13.7.